The molecule has 8 nitrogen and oxygen atoms in total. The summed E-state index contributed by atoms with van der Waals surface area (Å²) in [5, 5.41) is 11.6. The molecule has 4 aromatic rings. The van der Waals surface area contributed by atoms with Crippen LogP contribution in [0.4, 0.5) is 21.5 Å². The number of benzene rings is 4. The molecule has 3 heterocycles. The maximum Gasteiger partial charge on any atom is 0.264 e. The lowest BCUT2D eigenvalue weighted by Gasteiger charge is -2.33. The Morgan fingerprint density at radius 2 is 1.78 bits per heavy atom. The average molecular weight is 662 g/mol. The van der Waals surface area contributed by atoms with E-state index < -0.39 is 29.2 Å². The van der Waals surface area contributed by atoms with Crippen LogP contribution in [0.15, 0.2) is 97.6 Å². The Balaban J connectivity index is 1.30. The van der Waals surface area contributed by atoms with Crippen molar-refractivity contribution in [3.63, 3.8) is 0 Å². The predicted octanol–water partition coefficient (Wildman–Crippen LogP) is 6.67. The van der Waals surface area contributed by atoms with Crippen molar-refractivity contribution in [1.29, 1.82) is 0 Å². The molecule has 49 heavy (non-hydrogen) atoms. The second-order valence-corrected chi connectivity index (χ2v) is 13.7. The normalized spacial score (nSPS) is 22.8. The molecular formula is C40H40FN3O5. The van der Waals surface area contributed by atoms with Gasteiger partial charge in [0.25, 0.3) is 11.8 Å². The van der Waals surface area contributed by atoms with Gasteiger partial charge in [0.05, 0.1) is 36.1 Å². The zero-order valence-corrected chi connectivity index (χ0v) is 27.9. The first-order chi connectivity index (χ1) is 23.5. The van der Waals surface area contributed by atoms with Crippen molar-refractivity contribution in [2.75, 3.05) is 29.5 Å². The van der Waals surface area contributed by atoms with E-state index in [-0.39, 0.29) is 50.4 Å². The van der Waals surface area contributed by atoms with Gasteiger partial charge in [0.2, 0.25) is 5.91 Å². The van der Waals surface area contributed by atoms with E-state index in [0.29, 0.717) is 22.5 Å². The Labute approximate surface area is 285 Å². The molecule has 0 unspecified atom stereocenters. The molecule has 252 valence electrons. The summed E-state index contributed by atoms with van der Waals surface area (Å²) in [4.78, 5) is 47.2. The molecule has 3 aliphatic rings. The minimum atomic E-state index is -1.82. The summed E-state index contributed by atoms with van der Waals surface area (Å²) >= 11 is 0. The Morgan fingerprint density at radius 1 is 1.04 bits per heavy atom. The smallest absolute Gasteiger partial charge is 0.264 e. The highest BCUT2D eigenvalue weighted by Crippen LogP contribution is 2.59. The number of alkyl halides is 1. The number of amides is 3. The number of ether oxygens (including phenoxy) is 1. The van der Waals surface area contributed by atoms with E-state index in [1.54, 1.807) is 20.8 Å². The molecule has 1 saturated heterocycles. The third kappa shape index (κ3) is 5.14. The fourth-order valence-electron chi connectivity index (χ4n) is 8.37. The fourth-order valence-corrected chi connectivity index (χ4v) is 8.37. The van der Waals surface area contributed by atoms with Crippen molar-refractivity contribution >= 4 is 45.6 Å². The zero-order chi connectivity index (χ0) is 34.7. The molecule has 1 N–H and O–H groups in total. The van der Waals surface area contributed by atoms with E-state index in [4.69, 9.17) is 4.74 Å². The second-order valence-electron chi connectivity index (χ2n) is 13.7. The van der Waals surface area contributed by atoms with Crippen LogP contribution in [0, 0.1) is 11.8 Å². The Hall–Kier alpha value is -4.86. The van der Waals surface area contributed by atoms with Gasteiger partial charge in [0.15, 0.2) is 5.60 Å². The van der Waals surface area contributed by atoms with Gasteiger partial charge in [-0.15, -0.1) is 6.58 Å². The molecule has 0 bridgehead atoms. The lowest BCUT2D eigenvalue weighted by Crippen LogP contribution is -2.45. The number of fused-ring (bicyclic) bond motifs is 2. The molecule has 3 aliphatic heterocycles. The van der Waals surface area contributed by atoms with Crippen LogP contribution < -0.4 is 9.80 Å². The molecule has 4 atom stereocenters. The number of aliphatic hydroxyl groups is 1. The lowest BCUT2D eigenvalue weighted by atomic mass is 9.71. The topological polar surface area (TPSA) is 90.4 Å². The van der Waals surface area contributed by atoms with Crippen LogP contribution in [0.5, 0.6) is 0 Å². The zero-order valence-electron chi connectivity index (χ0n) is 27.9. The molecular weight excluding hydrogens is 621 g/mol. The van der Waals surface area contributed by atoms with E-state index in [2.05, 4.69) is 6.58 Å². The van der Waals surface area contributed by atoms with Gasteiger partial charge in [-0.05, 0) is 55.1 Å². The van der Waals surface area contributed by atoms with Crippen molar-refractivity contribution in [3.05, 3.63) is 114 Å². The summed E-state index contributed by atoms with van der Waals surface area (Å²) in [6, 6.07) is 26.3. The van der Waals surface area contributed by atoms with Crippen LogP contribution in [-0.4, -0.2) is 59.2 Å². The number of halogens is 1. The molecule has 0 aliphatic carbocycles. The summed E-state index contributed by atoms with van der Waals surface area (Å²) in [6.45, 7) is 8.93. The highest BCUT2D eigenvalue weighted by Gasteiger charge is 2.66. The first kappa shape index (κ1) is 32.7. The van der Waals surface area contributed by atoms with Crippen LogP contribution >= 0.6 is 0 Å². The molecule has 4 aromatic carbocycles. The van der Waals surface area contributed by atoms with Gasteiger partial charge in [-0.3, -0.25) is 19.3 Å². The molecule has 3 amide bonds. The van der Waals surface area contributed by atoms with Crippen LogP contribution in [0.1, 0.15) is 48.7 Å². The average Bonchev–Trinajstić information content (AvgIpc) is 3.63. The molecule has 0 aromatic heterocycles. The van der Waals surface area contributed by atoms with E-state index in [9.17, 15) is 19.5 Å². The number of rotatable bonds is 10. The fraction of sp³-hybridized carbons (Fsp3) is 0.325. The lowest BCUT2D eigenvalue weighted by molar-refractivity contribution is -0.150. The Bertz CT molecular complexity index is 1970. The van der Waals surface area contributed by atoms with E-state index >= 15 is 4.39 Å². The standard InChI is InChI=1S/C40H40FN3O5/c1-5-19-43-31-18-17-28(44-32-16-10-14-27-13-9-15-29(35(27)32)37(44)47)22-30(31)40(38(43)48)25(2)36(39(3,4)41)33(49-40)23-34(46)42(20-21-45)24-26-11-7-6-8-12-26/h5-18,22,25,33,36,45H,1,19-21,23-24H2,2-4H3/t25-,33+,36-,40+/m0/s1. The predicted molar refractivity (Wildman–Crippen MR) is 187 cm³/mol. The summed E-state index contributed by atoms with van der Waals surface area (Å²) in [6.07, 6.45) is 0.501. The van der Waals surface area contributed by atoms with Crippen molar-refractivity contribution < 1.29 is 28.6 Å². The van der Waals surface area contributed by atoms with Crippen LogP contribution in [0.25, 0.3) is 10.8 Å². The first-order valence-corrected chi connectivity index (χ1v) is 16.7. The van der Waals surface area contributed by atoms with Crippen molar-refractivity contribution in [1.82, 2.24) is 4.90 Å². The summed E-state index contributed by atoms with van der Waals surface area (Å²) in [7, 11) is 0. The highest BCUT2D eigenvalue weighted by molar-refractivity contribution is 6.28. The van der Waals surface area contributed by atoms with Crippen LogP contribution in [-0.2, 0) is 26.5 Å². The molecule has 7 rings (SSSR count). The van der Waals surface area contributed by atoms with E-state index in [0.717, 1.165) is 22.0 Å². The molecule has 0 radical (unpaired) electrons. The van der Waals surface area contributed by atoms with Gasteiger partial charge in [0.1, 0.15) is 5.67 Å². The SMILES string of the molecule is C=CCN1C(=O)[C@]2(O[C@H](CC(=O)N(CCO)Cc3ccccc3)[C@@H](C(C)(C)F)[C@@H]2C)c2cc(N3C(=O)c4cccc5cccc3c45)ccc21. The van der Waals surface area contributed by atoms with Crippen molar-refractivity contribution in [2.24, 2.45) is 11.8 Å². The van der Waals surface area contributed by atoms with Gasteiger partial charge < -0.3 is 19.6 Å². The highest BCUT2D eigenvalue weighted by atomic mass is 19.1. The quantitative estimate of drug-likeness (QED) is 0.192. The molecule has 1 fully saturated rings. The number of nitrogens with zero attached hydrogens (tertiary/aromatic N) is 3. The maximum absolute atomic E-state index is 16.3. The molecule has 0 saturated carbocycles. The first-order valence-electron chi connectivity index (χ1n) is 16.7. The number of carbonyl (C=O) groups excluding carboxylic acids is 3. The summed E-state index contributed by atoms with van der Waals surface area (Å²) in [5.41, 5.74) is 0.482. The van der Waals surface area contributed by atoms with Crippen LogP contribution in [0.2, 0.25) is 0 Å². The number of hydrogen-bond donors (Lipinski definition) is 1. The van der Waals surface area contributed by atoms with Gasteiger partial charge in [-0.25, -0.2) is 4.39 Å². The minimum Gasteiger partial charge on any atom is -0.395 e. The van der Waals surface area contributed by atoms with Gasteiger partial charge in [0, 0.05) is 48.1 Å². The number of hydrogen-bond acceptors (Lipinski definition) is 5. The van der Waals surface area contributed by atoms with E-state index in [1.165, 1.54) is 13.8 Å². The number of anilines is 3. The minimum absolute atomic E-state index is 0.0993. The largest absolute Gasteiger partial charge is 0.395 e. The van der Waals surface area contributed by atoms with E-state index in [1.807, 2.05) is 91.9 Å². The van der Waals surface area contributed by atoms with Crippen LogP contribution in [0.3, 0.4) is 0 Å². The number of aliphatic hydroxyl groups excluding tert-OH is 1. The summed E-state index contributed by atoms with van der Waals surface area (Å²) < 4.78 is 23.2. The van der Waals surface area contributed by atoms with Gasteiger partial charge in [-0.2, -0.15) is 0 Å². The molecule has 1 spiro atoms. The molecule has 9 heteroatoms. The van der Waals surface area contributed by atoms with Crippen molar-refractivity contribution in [3.8, 4) is 0 Å². The van der Waals surface area contributed by atoms with Crippen molar-refractivity contribution in [2.45, 2.75) is 51.1 Å². The monoisotopic (exact) mass is 661 g/mol. The maximum atomic E-state index is 16.3. The second kappa shape index (κ2) is 12.2. The van der Waals surface area contributed by atoms with Gasteiger partial charge in [-0.1, -0.05) is 67.6 Å². The Morgan fingerprint density at radius 3 is 2.47 bits per heavy atom. The summed E-state index contributed by atoms with van der Waals surface area (Å²) in [5.74, 6) is -2.36. The third-order valence-corrected chi connectivity index (χ3v) is 10.4. The third-order valence-electron chi connectivity index (χ3n) is 10.4. The number of carbonyl (C=O) groups is 3. The Kier molecular flexibility index (Phi) is 8.16. The van der Waals surface area contributed by atoms with Gasteiger partial charge >= 0.3 is 0 Å².